The van der Waals surface area contributed by atoms with Gasteiger partial charge in [-0.2, -0.15) is 4.98 Å². The van der Waals surface area contributed by atoms with E-state index in [0.717, 1.165) is 24.6 Å². The van der Waals surface area contributed by atoms with Crippen LogP contribution >= 0.6 is 0 Å². The van der Waals surface area contributed by atoms with E-state index < -0.39 is 0 Å². The summed E-state index contributed by atoms with van der Waals surface area (Å²) >= 11 is 0. The molecule has 0 saturated carbocycles. The van der Waals surface area contributed by atoms with E-state index in [1.54, 1.807) is 0 Å². The first-order chi connectivity index (χ1) is 7.67. The smallest absolute Gasteiger partial charge is 0.218 e. The fourth-order valence-corrected chi connectivity index (χ4v) is 1.25. The SMILES string of the molecule is CCCOc1cc(NCC)nc(C(C)C)n1. The summed E-state index contributed by atoms with van der Waals surface area (Å²) in [4.78, 5) is 8.81. The number of hydrogen-bond acceptors (Lipinski definition) is 4. The third kappa shape index (κ3) is 3.68. The Morgan fingerprint density at radius 1 is 1.31 bits per heavy atom. The van der Waals surface area contributed by atoms with Gasteiger partial charge >= 0.3 is 0 Å². The van der Waals surface area contributed by atoms with Crippen molar-refractivity contribution in [2.45, 2.75) is 40.0 Å². The second-order valence-electron chi connectivity index (χ2n) is 3.98. The Kier molecular flexibility index (Phi) is 5.02. The number of anilines is 1. The van der Waals surface area contributed by atoms with Crippen molar-refractivity contribution in [1.29, 1.82) is 0 Å². The van der Waals surface area contributed by atoms with Gasteiger partial charge in [0.25, 0.3) is 0 Å². The maximum Gasteiger partial charge on any atom is 0.218 e. The molecule has 0 unspecified atom stereocenters. The van der Waals surface area contributed by atoms with Gasteiger partial charge in [0.15, 0.2) is 0 Å². The monoisotopic (exact) mass is 223 g/mol. The van der Waals surface area contributed by atoms with E-state index in [2.05, 4.69) is 36.1 Å². The van der Waals surface area contributed by atoms with Crippen LogP contribution < -0.4 is 10.1 Å². The van der Waals surface area contributed by atoms with Gasteiger partial charge < -0.3 is 10.1 Å². The summed E-state index contributed by atoms with van der Waals surface area (Å²) in [5.74, 6) is 2.64. The van der Waals surface area contributed by atoms with E-state index in [0.29, 0.717) is 18.4 Å². The molecule has 0 radical (unpaired) electrons. The van der Waals surface area contributed by atoms with Crippen molar-refractivity contribution < 1.29 is 4.74 Å². The van der Waals surface area contributed by atoms with Crippen LogP contribution in [0.4, 0.5) is 5.82 Å². The first-order valence-corrected chi connectivity index (χ1v) is 5.93. The van der Waals surface area contributed by atoms with Gasteiger partial charge in [-0.25, -0.2) is 4.98 Å². The van der Waals surface area contributed by atoms with Gasteiger partial charge in [0, 0.05) is 18.5 Å². The summed E-state index contributed by atoms with van der Waals surface area (Å²) < 4.78 is 5.54. The lowest BCUT2D eigenvalue weighted by Crippen LogP contribution is -2.07. The normalized spacial score (nSPS) is 10.6. The number of nitrogens with zero attached hydrogens (tertiary/aromatic N) is 2. The Labute approximate surface area is 97.5 Å². The van der Waals surface area contributed by atoms with Crippen molar-refractivity contribution in [3.8, 4) is 5.88 Å². The van der Waals surface area contributed by atoms with Gasteiger partial charge in [-0.1, -0.05) is 20.8 Å². The quantitative estimate of drug-likeness (QED) is 0.805. The highest BCUT2D eigenvalue weighted by atomic mass is 16.5. The fourth-order valence-electron chi connectivity index (χ4n) is 1.25. The summed E-state index contributed by atoms with van der Waals surface area (Å²) in [6.07, 6.45) is 0.984. The van der Waals surface area contributed by atoms with Crippen molar-refractivity contribution in [1.82, 2.24) is 9.97 Å². The number of ether oxygens (including phenoxy) is 1. The summed E-state index contributed by atoms with van der Waals surface area (Å²) in [6.45, 7) is 9.82. The number of rotatable bonds is 6. The molecule has 0 aliphatic heterocycles. The molecule has 1 aromatic heterocycles. The molecule has 90 valence electrons. The van der Waals surface area contributed by atoms with E-state index >= 15 is 0 Å². The van der Waals surface area contributed by atoms with Crippen LogP contribution in [-0.4, -0.2) is 23.1 Å². The Morgan fingerprint density at radius 3 is 2.62 bits per heavy atom. The Balaban J connectivity index is 2.89. The molecular weight excluding hydrogens is 202 g/mol. The maximum atomic E-state index is 5.54. The minimum Gasteiger partial charge on any atom is -0.478 e. The van der Waals surface area contributed by atoms with E-state index in [9.17, 15) is 0 Å². The predicted octanol–water partition coefficient (Wildman–Crippen LogP) is 2.82. The fraction of sp³-hybridized carbons (Fsp3) is 0.667. The van der Waals surface area contributed by atoms with E-state index in [1.807, 2.05) is 13.0 Å². The molecule has 1 heterocycles. The number of nitrogens with one attached hydrogen (secondary N) is 1. The molecule has 0 fully saturated rings. The van der Waals surface area contributed by atoms with E-state index in [4.69, 9.17) is 4.74 Å². The molecule has 0 amide bonds. The van der Waals surface area contributed by atoms with Gasteiger partial charge in [0.05, 0.1) is 6.61 Å². The lowest BCUT2D eigenvalue weighted by atomic mass is 10.2. The summed E-state index contributed by atoms with van der Waals surface area (Å²) in [5, 5.41) is 3.19. The molecule has 1 rings (SSSR count). The molecular formula is C12H21N3O. The molecule has 0 saturated heterocycles. The zero-order valence-electron chi connectivity index (χ0n) is 10.6. The molecule has 0 aromatic carbocycles. The van der Waals surface area contributed by atoms with Crippen LogP contribution in [0, 0.1) is 0 Å². The standard InChI is InChI=1S/C12H21N3O/c1-5-7-16-11-8-10(13-6-2)14-12(15-11)9(3)4/h8-9H,5-7H2,1-4H3,(H,13,14,15). The van der Waals surface area contributed by atoms with Gasteiger partial charge in [-0.15, -0.1) is 0 Å². The van der Waals surface area contributed by atoms with Gasteiger partial charge in [-0.05, 0) is 13.3 Å². The Morgan fingerprint density at radius 2 is 2.06 bits per heavy atom. The third-order valence-corrected chi connectivity index (χ3v) is 2.05. The van der Waals surface area contributed by atoms with Crippen LogP contribution in [0.2, 0.25) is 0 Å². The molecule has 4 heteroatoms. The molecule has 1 N–H and O–H groups in total. The largest absolute Gasteiger partial charge is 0.478 e. The van der Waals surface area contributed by atoms with Crippen molar-refractivity contribution in [2.24, 2.45) is 0 Å². The van der Waals surface area contributed by atoms with Crippen LogP contribution in [0.1, 0.15) is 45.9 Å². The summed E-state index contributed by atoms with van der Waals surface area (Å²) in [7, 11) is 0. The van der Waals surface area contributed by atoms with Crippen molar-refractivity contribution in [2.75, 3.05) is 18.5 Å². The molecule has 16 heavy (non-hydrogen) atoms. The van der Waals surface area contributed by atoms with Gasteiger partial charge in [0.1, 0.15) is 11.6 Å². The zero-order chi connectivity index (χ0) is 12.0. The molecule has 0 aliphatic rings. The van der Waals surface area contributed by atoms with Crippen LogP contribution in [0.25, 0.3) is 0 Å². The average Bonchev–Trinajstić information content (AvgIpc) is 2.26. The maximum absolute atomic E-state index is 5.54. The highest BCUT2D eigenvalue weighted by Gasteiger charge is 2.08. The summed E-state index contributed by atoms with van der Waals surface area (Å²) in [5.41, 5.74) is 0. The van der Waals surface area contributed by atoms with E-state index in [1.165, 1.54) is 0 Å². The van der Waals surface area contributed by atoms with Crippen LogP contribution in [-0.2, 0) is 0 Å². The second-order valence-corrected chi connectivity index (χ2v) is 3.98. The first-order valence-electron chi connectivity index (χ1n) is 5.93. The highest BCUT2D eigenvalue weighted by Crippen LogP contribution is 2.18. The Bertz CT molecular complexity index is 326. The molecule has 0 aliphatic carbocycles. The molecule has 0 atom stereocenters. The molecule has 0 bridgehead atoms. The lowest BCUT2D eigenvalue weighted by molar-refractivity contribution is 0.303. The summed E-state index contributed by atoms with van der Waals surface area (Å²) in [6, 6.07) is 1.85. The average molecular weight is 223 g/mol. The van der Waals surface area contributed by atoms with Gasteiger partial charge in [0.2, 0.25) is 5.88 Å². The predicted molar refractivity (Wildman–Crippen MR) is 66.1 cm³/mol. The minimum atomic E-state index is 0.308. The first kappa shape index (κ1) is 12.7. The number of aromatic nitrogens is 2. The molecule has 1 aromatic rings. The van der Waals surface area contributed by atoms with Crippen molar-refractivity contribution in [3.05, 3.63) is 11.9 Å². The number of hydrogen-bond donors (Lipinski definition) is 1. The van der Waals surface area contributed by atoms with E-state index in [-0.39, 0.29) is 0 Å². The second kappa shape index (κ2) is 6.30. The molecule has 4 nitrogen and oxygen atoms in total. The minimum absolute atomic E-state index is 0.308. The Hall–Kier alpha value is -1.32. The topological polar surface area (TPSA) is 47.0 Å². The van der Waals surface area contributed by atoms with Crippen LogP contribution in [0.15, 0.2) is 6.07 Å². The van der Waals surface area contributed by atoms with Crippen LogP contribution in [0.5, 0.6) is 5.88 Å². The zero-order valence-corrected chi connectivity index (χ0v) is 10.6. The molecule has 0 spiro atoms. The third-order valence-electron chi connectivity index (χ3n) is 2.05. The lowest BCUT2D eigenvalue weighted by Gasteiger charge is -2.11. The van der Waals surface area contributed by atoms with Gasteiger partial charge in [-0.3, -0.25) is 0 Å². The van der Waals surface area contributed by atoms with Crippen molar-refractivity contribution in [3.63, 3.8) is 0 Å². The van der Waals surface area contributed by atoms with Crippen molar-refractivity contribution >= 4 is 5.82 Å². The van der Waals surface area contributed by atoms with Crippen LogP contribution in [0.3, 0.4) is 0 Å². The highest BCUT2D eigenvalue weighted by molar-refractivity contribution is 5.38.